The van der Waals surface area contributed by atoms with E-state index < -0.39 is 0 Å². The summed E-state index contributed by atoms with van der Waals surface area (Å²) in [4.78, 5) is 0.239. The molecule has 0 aromatic heterocycles. The van der Waals surface area contributed by atoms with E-state index >= 15 is 0 Å². The quantitative estimate of drug-likeness (QED) is 0.497. The zero-order valence-electron chi connectivity index (χ0n) is 10.5. The van der Waals surface area contributed by atoms with Crippen molar-refractivity contribution in [2.45, 2.75) is 32.7 Å². The lowest BCUT2D eigenvalue weighted by Crippen LogP contribution is -2.46. The van der Waals surface area contributed by atoms with Crippen molar-refractivity contribution in [3.05, 3.63) is 41.1 Å². The maximum atomic E-state index is 11.4. The summed E-state index contributed by atoms with van der Waals surface area (Å²) >= 11 is 0. The summed E-state index contributed by atoms with van der Waals surface area (Å²) in [6.07, 6.45) is 0.729. The molecule has 1 aromatic rings. The highest BCUT2D eigenvalue weighted by Gasteiger charge is 2.28. The molecule has 0 saturated heterocycles. The summed E-state index contributed by atoms with van der Waals surface area (Å²) in [5, 5.41) is 24.1. The van der Waals surface area contributed by atoms with Gasteiger partial charge in [-0.15, -0.1) is 5.01 Å². The van der Waals surface area contributed by atoms with Crippen LogP contribution in [0.1, 0.15) is 26.3 Å². The lowest BCUT2D eigenvalue weighted by Gasteiger charge is -2.30. The molecule has 0 unspecified atom stereocenters. The third-order valence-electron chi connectivity index (χ3n) is 2.51. The monoisotopic (exact) mass is 237 g/mol. The number of nitrogens with zero attached hydrogens (tertiary/aromatic N) is 3. The van der Waals surface area contributed by atoms with Crippen molar-refractivity contribution in [2.24, 2.45) is 5.28 Å². The number of rotatable bonds is 4. The van der Waals surface area contributed by atoms with Gasteiger partial charge in [-0.1, -0.05) is 30.3 Å². The van der Waals surface area contributed by atoms with Crippen molar-refractivity contribution in [1.29, 1.82) is 0 Å². The maximum absolute atomic E-state index is 11.4. The predicted octanol–water partition coefficient (Wildman–Crippen LogP) is 2.60. The average molecular weight is 237 g/mol. The molecule has 1 rings (SSSR count). The van der Waals surface area contributed by atoms with Gasteiger partial charge in [0.05, 0.1) is 17.1 Å². The molecule has 94 valence electrons. The Morgan fingerprint density at radius 1 is 1.29 bits per heavy atom. The van der Waals surface area contributed by atoms with Crippen molar-refractivity contribution >= 4 is 0 Å². The summed E-state index contributed by atoms with van der Waals surface area (Å²) in [5.41, 5.74) is 0.760. The molecule has 0 aliphatic heterocycles. The van der Waals surface area contributed by atoms with Crippen LogP contribution in [0.4, 0.5) is 0 Å². The van der Waals surface area contributed by atoms with E-state index in [9.17, 15) is 5.21 Å². The molecule has 0 bridgehead atoms. The summed E-state index contributed by atoms with van der Waals surface area (Å²) in [6, 6.07) is 9.89. The summed E-state index contributed by atoms with van der Waals surface area (Å²) in [5.74, 6) is 0. The molecule has 0 fully saturated rings. The largest absolute Gasteiger partial charge is 0.569 e. The average Bonchev–Trinajstić information content (AvgIpc) is 2.28. The van der Waals surface area contributed by atoms with Crippen molar-refractivity contribution in [3.8, 4) is 0 Å². The molecule has 1 N–H and O–H groups in total. The third kappa shape index (κ3) is 3.94. The van der Waals surface area contributed by atoms with Gasteiger partial charge in [0.2, 0.25) is 5.28 Å². The Bertz CT molecular complexity index is 371. The molecule has 0 aliphatic carbocycles. The fourth-order valence-corrected chi connectivity index (χ4v) is 1.61. The lowest BCUT2D eigenvalue weighted by atomic mass is 10.1. The van der Waals surface area contributed by atoms with Crippen molar-refractivity contribution in [1.82, 2.24) is 5.01 Å². The standard InChI is InChI=1S/C12H19N3O2/c1-12(2,3)14(15(17)13-16)10-9-11-7-5-4-6-8-11/h4-8,16H,9-10H2,1-3H3. The highest BCUT2D eigenvalue weighted by atomic mass is 16.6. The van der Waals surface area contributed by atoms with Crippen molar-refractivity contribution in [3.63, 3.8) is 0 Å². The summed E-state index contributed by atoms with van der Waals surface area (Å²) in [6.45, 7) is 6.19. The molecule has 0 spiro atoms. The molecule has 0 atom stereocenters. The van der Waals surface area contributed by atoms with E-state index in [0.717, 1.165) is 12.0 Å². The van der Waals surface area contributed by atoms with E-state index in [0.29, 0.717) is 6.54 Å². The lowest BCUT2D eigenvalue weighted by molar-refractivity contribution is -0.724. The zero-order valence-corrected chi connectivity index (χ0v) is 10.5. The predicted molar refractivity (Wildman–Crippen MR) is 64.4 cm³/mol. The first kappa shape index (κ1) is 13.3. The van der Waals surface area contributed by atoms with Gasteiger partial charge >= 0.3 is 0 Å². The van der Waals surface area contributed by atoms with Crippen LogP contribution in [0, 0.1) is 5.21 Å². The molecular formula is C12H19N3O2. The second-order valence-corrected chi connectivity index (χ2v) is 4.87. The van der Waals surface area contributed by atoms with Gasteiger partial charge in [-0.2, -0.15) is 0 Å². The highest BCUT2D eigenvalue weighted by Crippen LogP contribution is 2.14. The van der Waals surface area contributed by atoms with Crippen LogP contribution < -0.4 is 0 Å². The first-order chi connectivity index (χ1) is 7.95. The van der Waals surface area contributed by atoms with E-state index in [-0.39, 0.29) is 10.5 Å². The molecule has 5 heteroatoms. The number of hydrogen-bond donors (Lipinski definition) is 1. The second kappa shape index (κ2) is 5.52. The Kier molecular flexibility index (Phi) is 4.31. The van der Waals surface area contributed by atoms with Crippen molar-refractivity contribution in [2.75, 3.05) is 6.54 Å². The van der Waals surface area contributed by atoms with E-state index in [1.807, 2.05) is 51.1 Å². The second-order valence-electron chi connectivity index (χ2n) is 4.87. The van der Waals surface area contributed by atoms with E-state index in [4.69, 9.17) is 5.21 Å². The van der Waals surface area contributed by atoms with Crippen LogP contribution in [0.3, 0.4) is 0 Å². The van der Waals surface area contributed by atoms with Crippen LogP contribution in [-0.4, -0.2) is 27.3 Å². The fraction of sp³-hybridized carbons (Fsp3) is 0.500. The molecule has 0 heterocycles. The molecule has 0 amide bonds. The molecule has 0 radical (unpaired) electrons. The molecule has 5 nitrogen and oxygen atoms in total. The van der Waals surface area contributed by atoms with Gasteiger partial charge in [-0.05, 0) is 32.8 Å². The Morgan fingerprint density at radius 2 is 1.88 bits per heavy atom. The van der Waals surface area contributed by atoms with Gasteiger partial charge < -0.3 is 10.4 Å². The van der Waals surface area contributed by atoms with Gasteiger partial charge in [0.25, 0.3) is 0 Å². The first-order valence-electron chi connectivity index (χ1n) is 5.59. The van der Waals surface area contributed by atoms with Crippen LogP contribution in [0.15, 0.2) is 35.6 Å². The van der Waals surface area contributed by atoms with Gasteiger partial charge in [0.15, 0.2) is 0 Å². The van der Waals surface area contributed by atoms with Crippen LogP contribution in [0.25, 0.3) is 0 Å². The molecule has 0 aliphatic rings. The van der Waals surface area contributed by atoms with Gasteiger partial charge in [-0.3, -0.25) is 0 Å². The summed E-state index contributed by atoms with van der Waals surface area (Å²) in [7, 11) is 0. The number of hydrazine groups is 1. The van der Waals surface area contributed by atoms with Gasteiger partial charge in [-0.25, -0.2) is 0 Å². The topological polar surface area (TPSA) is 61.9 Å². The van der Waals surface area contributed by atoms with Crippen LogP contribution >= 0.6 is 0 Å². The molecular weight excluding hydrogens is 218 g/mol. The highest BCUT2D eigenvalue weighted by molar-refractivity contribution is 5.14. The van der Waals surface area contributed by atoms with E-state index in [1.54, 1.807) is 0 Å². The van der Waals surface area contributed by atoms with Crippen LogP contribution in [0.2, 0.25) is 0 Å². The smallest absolute Gasteiger partial charge is 0.230 e. The SMILES string of the molecule is CC(C)(C)N(CCc1ccccc1)[N+]([O-])=NO. The normalized spacial score (nSPS) is 12.5. The van der Waals surface area contributed by atoms with E-state index in [1.165, 1.54) is 5.01 Å². The van der Waals surface area contributed by atoms with E-state index in [2.05, 4.69) is 5.28 Å². The van der Waals surface area contributed by atoms with Crippen LogP contribution in [-0.2, 0) is 6.42 Å². The zero-order chi connectivity index (χ0) is 12.9. The first-order valence-corrected chi connectivity index (χ1v) is 5.59. The Morgan fingerprint density at radius 3 is 2.35 bits per heavy atom. The minimum atomic E-state index is -0.386. The van der Waals surface area contributed by atoms with Crippen LogP contribution in [0.5, 0.6) is 0 Å². The summed E-state index contributed by atoms with van der Waals surface area (Å²) < 4.78 is 0. The number of hydrogen-bond acceptors (Lipinski definition) is 2. The maximum Gasteiger partial charge on any atom is 0.230 e. The Balaban J connectivity index is 2.69. The number of benzene rings is 1. The van der Waals surface area contributed by atoms with Crippen molar-refractivity contribution < 1.29 is 10.2 Å². The minimum Gasteiger partial charge on any atom is -0.569 e. The molecule has 1 aromatic carbocycles. The third-order valence-corrected chi connectivity index (χ3v) is 2.51. The van der Waals surface area contributed by atoms with Gasteiger partial charge in [0, 0.05) is 0 Å². The molecule has 0 saturated carbocycles. The van der Waals surface area contributed by atoms with Gasteiger partial charge in [0.1, 0.15) is 0 Å². The Hall–Kier alpha value is -1.78. The molecule has 17 heavy (non-hydrogen) atoms. The Labute approximate surface area is 102 Å². The fourth-order valence-electron chi connectivity index (χ4n) is 1.61. The minimum absolute atomic E-state index is 0.239.